The molecule has 0 unspecified atom stereocenters. The molecule has 0 radical (unpaired) electrons. The molecule has 0 aromatic carbocycles. The maximum Gasteiger partial charge on any atom is 0.00734 e. The topological polar surface area (TPSA) is 0 Å². The fraction of sp³-hybridized carbons (Fsp3) is 0.600. The van der Waals surface area contributed by atoms with Crippen molar-refractivity contribution >= 4 is 11.3 Å². The maximum absolute atomic E-state index is 2.32. The van der Waals surface area contributed by atoms with Gasteiger partial charge in [-0.2, -0.15) is 0 Å². The highest BCUT2D eigenvalue weighted by atomic mass is 32.1. The Bertz CT molecular complexity index is 177. The van der Waals surface area contributed by atoms with Gasteiger partial charge in [0.1, 0.15) is 0 Å². The first-order chi connectivity index (χ1) is 5.34. The molecule has 1 aromatic rings. The van der Waals surface area contributed by atoms with Crippen molar-refractivity contribution in [1.29, 1.82) is 0 Å². The van der Waals surface area contributed by atoms with Gasteiger partial charge in [-0.05, 0) is 23.8 Å². The normalized spacial score (nSPS) is 13.3. The first-order valence-electron chi connectivity index (χ1n) is 4.38. The summed E-state index contributed by atoms with van der Waals surface area (Å²) in [5.41, 5.74) is 0. The zero-order chi connectivity index (χ0) is 8.10. The summed E-state index contributed by atoms with van der Waals surface area (Å²) >= 11 is 1.88. The molecule has 62 valence electrons. The van der Waals surface area contributed by atoms with Gasteiger partial charge in [-0.25, -0.2) is 0 Å². The van der Waals surface area contributed by atoms with Gasteiger partial charge < -0.3 is 0 Å². The van der Waals surface area contributed by atoms with E-state index in [1.165, 1.54) is 19.3 Å². The van der Waals surface area contributed by atoms with Crippen molar-refractivity contribution in [2.45, 2.75) is 39.0 Å². The molecule has 1 rings (SSSR count). The average Bonchev–Trinajstić information content (AvgIpc) is 2.52. The Labute approximate surface area is 73.3 Å². The molecule has 0 fully saturated rings. The van der Waals surface area contributed by atoms with Crippen LogP contribution in [0.5, 0.6) is 0 Å². The lowest BCUT2D eigenvalue weighted by Gasteiger charge is -2.06. The van der Waals surface area contributed by atoms with Gasteiger partial charge in [0.25, 0.3) is 0 Å². The van der Waals surface area contributed by atoms with Gasteiger partial charge in [-0.3, -0.25) is 0 Å². The Balaban J connectivity index is 2.36. The molecule has 1 aromatic heterocycles. The molecule has 0 nitrogen and oxygen atoms in total. The number of thiophene rings is 1. The molecule has 0 aliphatic heterocycles. The van der Waals surface area contributed by atoms with E-state index < -0.39 is 0 Å². The number of hydrogen-bond donors (Lipinski definition) is 0. The van der Waals surface area contributed by atoms with Crippen LogP contribution in [0.1, 0.15) is 43.9 Å². The summed E-state index contributed by atoms with van der Waals surface area (Å²) in [6, 6.07) is 4.38. The zero-order valence-electron chi connectivity index (χ0n) is 7.34. The van der Waals surface area contributed by atoms with Crippen molar-refractivity contribution in [3.63, 3.8) is 0 Å². The molecule has 0 spiro atoms. The van der Waals surface area contributed by atoms with E-state index in [9.17, 15) is 0 Å². The number of unbranched alkanes of at least 4 members (excludes halogenated alkanes) is 1. The van der Waals surface area contributed by atoms with Gasteiger partial charge in [0.15, 0.2) is 0 Å². The lowest BCUT2D eigenvalue weighted by molar-refractivity contribution is 0.632. The Kier molecular flexibility index (Phi) is 3.64. The molecule has 1 heteroatoms. The molecule has 0 amide bonds. The van der Waals surface area contributed by atoms with Crippen LogP contribution in [0, 0.1) is 0 Å². The fourth-order valence-electron chi connectivity index (χ4n) is 1.22. The van der Waals surface area contributed by atoms with E-state index >= 15 is 0 Å². The van der Waals surface area contributed by atoms with E-state index in [-0.39, 0.29) is 0 Å². The van der Waals surface area contributed by atoms with E-state index in [1.807, 2.05) is 11.3 Å². The first kappa shape index (κ1) is 8.79. The van der Waals surface area contributed by atoms with E-state index in [4.69, 9.17) is 0 Å². The first-order valence-corrected chi connectivity index (χ1v) is 5.26. The van der Waals surface area contributed by atoms with Crippen LogP contribution in [-0.4, -0.2) is 0 Å². The van der Waals surface area contributed by atoms with Gasteiger partial charge in [-0.1, -0.05) is 32.8 Å². The predicted octanol–water partition coefficient (Wildman–Crippen LogP) is 4.04. The molecule has 11 heavy (non-hydrogen) atoms. The SMILES string of the molecule is CCCC[C@@H](C)c1cccs1. The standard InChI is InChI=1S/C10H16S/c1-3-4-6-9(2)10-7-5-8-11-10/h5,7-9H,3-4,6H2,1-2H3/t9-/m1/s1. The average molecular weight is 168 g/mol. The van der Waals surface area contributed by atoms with Crippen LogP contribution in [0.2, 0.25) is 0 Å². The van der Waals surface area contributed by atoms with E-state index in [1.54, 1.807) is 4.88 Å². The predicted molar refractivity (Wildman–Crippen MR) is 52.3 cm³/mol. The van der Waals surface area contributed by atoms with E-state index in [2.05, 4.69) is 31.4 Å². The van der Waals surface area contributed by atoms with Crippen molar-refractivity contribution in [1.82, 2.24) is 0 Å². The van der Waals surface area contributed by atoms with Crippen molar-refractivity contribution in [2.24, 2.45) is 0 Å². The third-order valence-corrected chi connectivity index (χ3v) is 3.12. The number of hydrogen-bond acceptors (Lipinski definition) is 1. The van der Waals surface area contributed by atoms with Gasteiger partial charge in [0.2, 0.25) is 0 Å². The van der Waals surface area contributed by atoms with Crippen molar-refractivity contribution in [3.05, 3.63) is 22.4 Å². The minimum Gasteiger partial charge on any atom is -0.149 e. The van der Waals surface area contributed by atoms with Gasteiger partial charge in [0.05, 0.1) is 0 Å². The molecular formula is C10H16S. The van der Waals surface area contributed by atoms with Crippen LogP contribution < -0.4 is 0 Å². The second-order valence-corrected chi connectivity index (χ2v) is 4.04. The summed E-state index contributed by atoms with van der Waals surface area (Å²) in [5, 5.41) is 2.16. The summed E-state index contributed by atoms with van der Waals surface area (Å²) in [5.74, 6) is 0.773. The van der Waals surface area contributed by atoms with Crippen LogP contribution in [0.4, 0.5) is 0 Å². The quantitative estimate of drug-likeness (QED) is 0.636. The van der Waals surface area contributed by atoms with Crippen molar-refractivity contribution < 1.29 is 0 Å². The monoisotopic (exact) mass is 168 g/mol. The van der Waals surface area contributed by atoms with Crippen LogP contribution in [0.25, 0.3) is 0 Å². The highest BCUT2D eigenvalue weighted by Gasteiger charge is 2.04. The van der Waals surface area contributed by atoms with Crippen LogP contribution in [0.15, 0.2) is 17.5 Å². The van der Waals surface area contributed by atoms with Crippen molar-refractivity contribution in [2.75, 3.05) is 0 Å². The van der Waals surface area contributed by atoms with Gasteiger partial charge in [-0.15, -0.1) is 11.3 Å². The molecule has 0 N–H and O–H groups in total. The molecule has 0 aliphatic carbocycles. The maximum atomic E-state index is 2.32. The van der Waals surface area contributed by atoms with Crippen LogP contribution in [0.3, 0.4) is 0 Å². The fourth-order valence-corrected chi connectivity index (χ4v) is 2.05. The van der Waals surface area contributed by atoms with Gasteiger partial charge in [0, 0.05) is 4.88 Å². The van der Waals surface area contributed by atoms with Crippen LogP contribution >= 0.6 is 11.3 Å². The molecule has 0 saturated heterocycles. The van der Waals surface area contributed by atoms with Crippen molar-refractivity contribution in [3.8, 4) is 0 Å². The largest absolute Gasteiger partial charge is 0.149 e. The molecule has 1 atom stereocenters. The summed E-state index contributed by atoms with van der Waals surface area (Å²) in [6.07, 6.45) is 4.02. The molecule has 0 saturated carbocycles. The highest BCUT2D eigenvalue weighted by molar-refractivity contribution is 7.10. The third kappa shape index (κ3) is 2.66. The summed E-state index contributed by atoms with van der Waals surface area (Å²) in [7, 11) is 0. The zero-order valence-corrected chi connectivity index (χ0v) is 8.16. The van der Waals surface area contributed by atoms with Crippen LogP contribution in [-0.2, 0) is 0 Å². The van der Waals surface area contributed by atoms with E-state index in [0.717, 1.165) is 5.92 Å². The minimum absolute atomic E-state index is 0.773. The third-order valence-electron chi connectivity index (χ3n) is 2.02. The molecule has 1 heterocycles. The Morgan fingerprint density at radius 3 is 2.91 bits per heavy atom. The smallest absolute Gasteiger partial charge is 0.00734 e. The number of rotatable bonds is 4. The Hall–Kier alpha value is -0.300. The second-order valence-electron chi connectivity index (χ2n) is 3.06. The van der Waals surface area contributed by atoms with Gasteiger partial charge >= 0.3 is 0 Å². The lowest BCUT2D eigenvalue weighted by atomic mass is 10.0. The second kappa shape index (κ2) is 4.55. The molecular weight excluding hydrogens is 152 g/mol. The van der Waals surface area contributed by atoms with E-state index in [0.29, 0.717) is 0 Å². The molecule has 0 bridgehead atoms. The Morgan fingerprint density at radius 1 is 1.55 bits per heavy atom. The highest BCUT2D eigenvalue weighted by Crippen LogP contribution is 2.24. The summed E-state index contributed by atoms with van der Waals surface area (Å²) in [6.45, 7) is 4.57. The summed E-state index contributed by atoms with van der Waals surface area (Å²) in [4.78, 5) is 1.54. The Morgan fingerprint density at radius 2 is 2.36 bits per heavy atom. The summed E-state index contributed by atoms with van der Waals surface area (Å²) < 4.78 is 0. The minimum atomic E-state index is 0.773. The lowest BCUT2D eigenvalue weighted by Crippen LogP contribution is -1.88. The molecule has 0 aliphatic rings.